The minimum atomic E-state index is 0.129. The molecule has 88 valence electrons. The Morgan fingerprint density at radius 3 is 2.88 bits per heavy atom. The number of nitrogens with two attached hydrogens (primary N) is 1. The van der Waals surface area contributed by atoms with E-state index in [4.69, 9.17) is 5.73 Å². The average Bonchev–Trinajstić information content (AvgIpc) is 2.61. The number of rotatable bonds is 3. The van der Waals surface area contributed by atoms with Crippen molar-refractivity contribution in [1.82, 2.24) is 5.32 Å². The summed E-state index contributed by atoms with van der Waals surface area (Å²) in [4.78, 5) is 4.58. The fraction of sp³-hybridized carbons (Fsp3) is 0.615. The van der Waals surface area contributed by atoms with Gasteiger partial charge in [0.15, 0.2) is 0 Å². The van der Waals surface area contributed by atoms with Crippen LogP contribution in [0.1, 0.15) is 26.7 Å². The van der Waals surface area contributed by atoms with Gasteiger partial charge in [0.1, 0.15) is 5.84 Å². The van der Waals surface area contributed by atoms with Gasteiger partial charge < -0.3 is 11.1 Å². The monoisotopic (exact) mass is 219 g/mol. The van der Waals surface area contributed by atoms with Crippen molar-refractivity contribution in [3.8, 4) is 0 Å². The smallest absolute Gasteiger partial charge is 0.104 e. The van der Waals surface area contributed by atoms with Crippen molar-refractivity contribution >= 4 is 5.84 Å². The Labute approximate surface area is 97.5 Å². The summed E-state index contributed by atoms with van der Waals surface area (Å²) in [5, 5.41) is 3.49. The van der Waals surface area contributed by atoms with E-state index in [2.05, 4.69) is 42.4 Å². The first kappa shape index (κ1) is 11.4. The van der Waals surface area contributed by atoms with Crippen LogP contribution in [0.4, 0.5) is 0 Å². The van der Waals surface area contributed by atoms with Gasteiger partial charge in [-0.05, 0) is 33.2 Å². The van der Waals surface area contributed by atoms with Crippen LogP contribution in [0, 0.1) is 5.92 Å². The topological polar surface area (TPSA) is 50.4 Å². The van der Waals surface area contributed by atoms with Crippen molar-refractivity contribution in [1.29, 1.82) is 0 Å². The Morgan fingerprint density at radius 2 is 2.38 bits per heavy atom. The Morgan fingerprint density at radius 1 is 1.56 bits per heavy atom. The number of aliphatic imine (C=N–C) groups is 1. The van der Waals surface area contributed by atoms with Gasteiger partial charge in [-0.3, -0.25) is 4.99 Å². The molecule has 0 saturated carbocycles. The molecule has 3 nitrogen and oxygen atoms in total. The Bertz CT molecular complexity index is 350. The third kappa shape index (κ3) is 2.53. The van der Waals surface area contributed by atoms with Crippen LogP contribution in [-0.4, -0.2) is 24.5 Å². The van der Waals surface area contributed by atoms with E-state index >= 15 is 0 Å². The van der Waals surface area contributed by atoms with Gasteiger partial charge in [0.05, 0.1) is 12.1 Å². The lowest BCUT2D eigenvalue weighted by molar-refractivity contribution is 0.501. The third-order valence-electron chi connectivity index (χ3n) is 3.07. The zero-order valence-electron chi connectivity index (χ0n) is 10.2. The van der Waals surface area contributed by atoms with Gasteiger partial charge in [-0.15, -0.1) is 0 Å². The zero-order chi connectivity index (χ0) is 11.6. The molecule has 0 radical (unpaired) electrons. The lowest BCUT2D eigenvalue weighted by Gasteiger charge is -2.22. The molecule has 0 amide bonds. The molecule has 0 aromatic heterocycles. The molecular formula is C13H21N3. The number of allylic oxidation sites excluding steroid dienone is 2. The van der Waals surface area contributed by atoms with Crippen LogP contribution in [0.5, 0.6) is 0 Å². The lowest BCUT2D eigenvalue weighted by Crippen LogP contribution is -2.41. The maximum Gasteiger partial charge on any atom is 0.104 e. The average molecular weight is 219 g/mol. The van der Waals surface area contributed by atoms with E-state index in [0.717, 1.165) is 31.8 Å². The second-order valence-corrected chi connectivity index (χ2v) is 5.23. The molecule has 0 saturated heterocycles. The molecule has 2 aliphatic rings. The molecule has 0 spiro atoms. The van der Waals surface area contributed by atoms with Crippen LogP contribution in [0.3, 0.4) is 0 Å². The number of hydrogen-bond donors (Lipinski definition) is 2. The maximum absolute atomic E-state index is 5.54. The Kier molecular flexibility index (Phi) is 3.15. The predicted molar refractivity (Wildman–Crippen MR) is 68.5 cm³/mol. The molecule has 0 aromatic rings. The number of nitrogens with one attached hydrogen (secondary N) is 1. The van der Waals surface area contributed by atoms with Crippen molar-refractivity contribution in [2.75, 3.05) is 13.1 Å². The molecule has 3 heteroatoms. The van der Waals surface area contributed by atoms with Gasteiger partial charge >= 0.3 is 0 Å². The Balaban J connectivity index is 1.94. The summed E-state index contributed by atoms with van der Waals surface area (Å²) in [6.07, 6.45) is 8.75. The summed E-state index contributed by atoms with van der Waals surface area (Å²) in [7, 11) is 0. The summed E-state index contributed by atoms with van der Waals surface area (Å²) in [6, 6.07) is 0. The van der Waals surface area contributed by atoms with Crippen LogP contribution in [0.25, 0.3) is 0 Å². The van der Waals surface area contributed by atoms with E-state index in [1.165, 1.54) is 5.57 Å². The second-order valence-electron chi connectivity index (χ2n) is 5.23. The summed E-state index contributed by atoms with van der Waals surface area (Å²) in [6.45, 7) is 5.98. The van der Waals surface area contributed by atoms with Gasteiger partial charge in [-0.1, -0.05) is 23.8 Å². The molecule has 16 heavy (non-hydrogen) atoms. The molecule has 0 bridgehead atoms. The maximum atomic E-state index is 5.54. The molecule has 0 fully saturated rings. The Hall–Kier alpha value is -1.09. The van der Waals surface area contributed by atoms with Gasteiger partial charge in [-0.2, -0.15) is 0 Å². The SMILES string of the molecule is CC1(C)CN=C(C2C=CC(CCN)=CC2)N1. The minimum Gasteiger partial charge on any atom is -0.367 e. The van der Waals surface area contributed by atoms with E-state index in [-0.39, 0.29) is 5.54 Å². The molecule has 1 aliphatic carbocycles. The lowest BCUT2D eigenvalue weighted by atomic mass is 9.94. The standard InChI is InChI=1S/C13H21N3/c1-13(2)9-15-12(16-13)11-5-3-10(4-6-11)7-8-14/h3-5,11H,6-9,14H2,1-2H3,(H,15,16). The fourth-order valence-electron chi connectivity index (χ4n) is 2.14. The van der Waals surface area contributed by atoms with Crippen LogP contribution in [0.15, 0.2) is 28.8 Å². The number of amidine groups is 1. The first-order valence-electron chi connectivity index (χ1n) is 6.00. The minimum absolute atomic E-state index is 0.129. The summed E-state index contributed by atoms with van der Waals surface area (Å²) in [5.74, 6) is 1.58. The highest BCUT2D eigenvalue weighted by atomic mass is 15.1. The largest absolute Gasteiger partial charge is 0.367 e. The molecule has 0 aromatic carbocycles. The third-order valence-corrected chi connectivity index (χ3v) is 3.07. The normalized spacial score (nSPS) is 27.3. The predicted octanol–water partition coefficient (Wildman–Crippen LogP) is 1.62. The molecule has 1 unspecified atom stereocenters. The quantitative estimate of drug-likeness (QED) is 0.758. The fourth-order valence-corrected chi connectivity index (χ4v) is 2.14. The van der Waals surface area contributed by atoms with Crippen LogP contribution >= 0.6 is 0 Å². The van der Waals surface area contributed by atoms with Crippen LogP contribution in [0.2, 0.25) is 0 Å². The number of nitrogens with zero attached hydrogens (tertiary/aromatic N) is 1. The van der Waals surface area contributed by atoms with E-state index in [9.17, 15) is 0 Å². The van der Waals surface area contributed by atoms with Crippen LogP contribution in [-0.2, 0) is 0 Å². The van der Waals surface area contributed by atoms with E-state index in [1.54, 1.807) is 0 Å². The van der Waals surface area contributed by atoms with Crippen molar-refractivity contribution < 1.29 is 0 Å². The molecule has 1 atom stereocenters. The van der Waals surface area contributed by atoms with Crippen molar-refractivity contribution in [2.24, 2.45) is 16.6 Å². The molecule has 1 aliphatic heterocycles. The van der Waals surface area contributed by atoms with E-state index in [0.29, 0.717) is 5.92 Å². The highest BCUT2D eigenvalue weighted by molar-refractivity contribution is 5.88. The van der Waals surface area contributed by atoms with Gasteiger partial charge in [-0.25, -0.2) is 0 Å². The summed E-state index contributed by atoms with van der Waals surface area (Å²) in [5.41, 5.74) is 7.03. The molecular weight excluding hydrogens is 198 g/mol. The molecule has 1 heterocycles. The number of hydrogen-bond acceptors (Lipinski definition) is 3. The van der Waals surface area contributed by atoms with Gasteiger partial charge in [0.25, 0.3) is 0 Å². The summed E-state index contributed by atoms with van der Waals surface area (Å²) < 4.78 is 0. The van der Waals surface area contributed by atoms with Crippen LogP contribution < -0.4 is 11.1 Å². The summed E-state index contributed by atoms with van der Waals surface area (Å²) >= 11 is 0. The van der Waals surface area contributed by atoms with E-state index in [1.807, 2.05) is 0 Å². The highest BCUT2D eigenvalue weighted by Crippen LogP contribution is 2.22. The first-order chi connectivity index (χ1) is 7.61. The molecule has 3 N–H and O–H groups in total. The zero-order valence-corrected chi connectivity index (χ0v) is 10.2. The second kappa shape index (κ2) is 4.42. The van der Waals surface area contributed by atoms with Crippen molar-refractivity contribution in [3.63, 3.8) is 0 Å². The van der Waals surface area contributed by atoms with Crippen molar-refractivity contribution in [3.05, 3.63) is 23.8 Å². The first-order valence-corrected chi connectivity index (χ1v) is 6.00. The van der Waals surface area contributed by atoms with Crippen molar-refractivity contribution in [2.45, 2.75) is 32.2 Å². The van der Waals surface area contributed by atoms with Gasteiger partial charge in [0.2, 0.25) is 0 Å². The van der Waals surface area contributed by atoms with E-state index < -0.39 is 0 Å². The van der Waals surface area contributed by atoms with Gasteiger partial charge in [0, 0.05) is 5.92 Å². The molecule has 2 rings (SSSR count). The highest BCUT2D eigenvalue weighted by Gasteiger charge is 2.28.